The van der Waals surface area contributed by atoms with E-state index >= 15 is 0 Å². The minimum Gasteiger partial charge on any atom is -0.460 e. The van der Waals surface area contributed by atoms with Crippen molar-refractivity contribution in [1.82, 2.24) is 9.55 Å². The Balaban J connectivity index is 1.77. The summed E-state index contributed by atoms with van der Waals surface area (Å²) in [4.78, 5) is 30.2. The molecule has 0 N–H and O–H groups in total. The lowest BCUT2D eigenvalue weighted by molar-refractivity contribution is -0.152. The van der Waals surface area contributed by atoms with Crippen LogP contribution >= 0.6 is 0 Å². The fourth-order valence-corrected chi connectivity index (χ4v) is 4.67. The van der Waals surface area contributed by atoms with Crippen molar-refractivity contribution in [1.29, 1.82) is 0 Å². The molecule has 0 amide bonds. The summed E-state index contributed by atoms with van der Waals surface area (Å²) >= 11 is 0. The number of carbonyl (C=O) groups is 1. The zero-order chi connectivity index (χ0) is 21.9. The highest BCUT2D eigenvalue weighted by Gasteiger charge is 2.41. The van der Waals surface area contributed by atoms with Gasteiger partial charge in [0.25, 0.3) is 5.56 Å². The van der Waals surface area contributed by atoms with Crippen LogP contribution in [-0.2, 0) is 33.0 Å². The highest BCUT2D eigenvalue weighted by Crippen LogP contribution is 2.41. The summed E-state index contributed by atoms with van der Waals surface area (Å²) in [7, 11) is 0. The van der Waals surface area contributed by atoms with Crippen LogP contribution in [0.2, 0.25) is 0 Å². The Kier molecular flexibility index (Phi) is 4.44. The second-order valence-corrected chi connectivity index (χ2v) is 7.89. The molecule has 0 saturated carbocycles. The lowest BCUT2D eigenvalue weighted by atomic mass is 9.85. The first-order valence-corrected chi connectivity index (χ1v) is 10.2. The van der Waals surface area contributed by atoms with E-state index in [2.05, 4.69) is 4.98 Å². The topological polar surface area (TPSA) is 70.4 Å². The Morgan fingerprint density at radius 2 is 1.94 bits per heavy atom. The second-order valence-electron chi connectivity index (χ2n) is 7.89. The third kappa shape index (κ3) is 2.89. The molecular weight excluding hydrogens is 406 g/mol. The predicted octanol–water partition coefficient (Wildman–Crippen LogP) is 3.79. The van der Waals surface area contributed by atoms with Crippen molar-refractivity contribution in [3.8, 4) is 11.4 Å². The van der Waals surface area contributed by atoms with Gasteiger partial charge in [0, 0.05) is 23.6 Å². The number of ether oxygens (including phenoxy) is 2. The molecule has 3 aromatic rings. The summed E-state index contributed by atoms with van der Waals surface area (Å²) in [6.07, 6.45) is 0.490. The van der Waals surface area contributed by atoms with E-state index in [0.29, 0.717) is 46.4 Å². The Hall–Kier alpha value is -3.13. The van der Waals surface area contributed by atoms with Gasteiger partial charge in [-0.2, -0.15) is 0 Å². The van der Waals surface area contributed by atoms with Crippen LogP contribution in [0.3, 0.4) is 0 Å². The molecule has 2 aromatic heterocycles. The monoisotopic (exact) mass is 426 g/mol. The van der Waals surface area contributed by atoms with Gasteiger partial charge in [-0.3, -0.25) is 9.59 Å². The van der Waals surface area contributed by atoms with E-state index in [9.17, 15) is 18.4 Å². The van der Waals surface area contributed by atoms with E-state index in [0.717, 1.165) is 17.7 Å². The van der Waals surface area contributed by atoms with Crippen LogP contribution < -0.4 is 5.56 Å². The number of esters is 1. The molecule has 0 unspecified atom stereocenters. The normalized spacial score (nSPS) is 19.5. The lowest BCUT2D eigenvalue weighted by Gasteiger charge is -2.32. The average Bonchev–Trinajstić information content (AvgIpc) is 3.02. The molecule has 6 nitrogen and oxygen atoms in total. The van der Waals surface area contributed by atoms with Crippen molar-refractivity contribution in [3.05, 3.63) is 62.9 Å². The van der Waals surface area contributed by atoms with Gasteiger partial charge in [0.15, 0.2) is 11.6 Å². The van der Waals surface area contributed by atoms with E-state index in [1.54, 1.807) is 10.6 Å². The fraction of sp³-hybridized carbons (Fsp3) is 0.348. The molecular formula is C23H20F2N2O4. The molecule has 5 rings (SSSR count). The Labute approximate surface area is 176 Å². The summed E-state index contributed by atoms with van der Waals surface area (Å²) < 4.78 is 40.4. The summed E-state index contributed by atoms with van der Waals surface area (Å²) in [5, 5.41) is 0.464. The van der Waals surface area contributed by atoms with Gasteiger partial charge in [0.05, 0.1) is 35.4 Å². The number of halogens is 2. The second kappa shape index (κ2) is 6.95. The molecule has 0 spiro atoms. The van der Waals surface area contributed by atoms with Crippen molar-refractivity contribution in [2.75, 3.05) is 6.61 Å². The highest BCUT2D eigenvalue weighted by molar-refractivity contribution is 5.84. The maximum atomic E-state index is 13.8. The predicted molar refractivity (Wildman–Crippen MR) is 108 cm³/mol. The molecule has 1 aromatic carbocycles. The molecule has 160 valence electrons. The van der Waals surface area contributed by atoms with Gasteiger partial charge in [-0.1, -0.05) is 6.92 Å². The van der Waals surface area contributed by atoms with Crippen LogP contribution in [0.1, 0.15) is 43.4 Å². The largest absolute Gasteiger partial charge is 0.460 e. The number of benzene rings is 1. The quantitative estimate of drug-likeness (QED) is 0.466. The number of hydrogen-bond acceptors (Lipinski definition) is 5. The van der Waals surface area contributed by atoms with Crippen LogP contribution in [0, 0.1) is 11.6 Å². The van der Waals surface area contributed by atoms with Crippen molar-refractivity contribution in [2.45, 2.75) is 45.4 Å². The number of fused-ring (bicyclic) bond motifs is 5. The molecule has 0 radical (unpaired) electrons. The zero-order valence-corrected chi connectivity index (χ0v) is 17.1. The molecule has 2 aliphatic heterocycles. The van der Waals surface area contributed by atoms with Gasteiger partial charge < -0.3 is 14.0 Å². The van der Waals surface area contributed by atoms with E-state index in [1.165, 1.54) is 0 Å². The van der Waals surface area contributed by atoms with Crippen LogP contribution in [0.25, 0.3) is 22.3 Å². The zero-order valence-electron chi connectivity index (χ0n) is 17.1. The molecule has 0 aliphatic carbocycles. The third-order valence-electron chi connectivity index (χ3n) is 6.20. The Morgan fingerprint density at radius 3 is 2.68 bits per heavy atom. The number of nitrogens with zero attached hydrogens (tertiary/aromatic N) is 2. The standard InChI is InChI=1S/C23H20F2N2O4/c1-3-23(31-4-2)9-20(28)30-11-14-15(23)7-19-21-13(10-27(19)22(14)29)5-12-6-16(24)17(25)8-18(12)26-21/h5-8H,3-4,9-11H2,1-2H3/t23-/m1/s1. The molecule has 8 heteroatoms. The van der Waals surface area contributed by atoms with Gasteiger partial charge >= 0.3 is 5.97 Å². The molecule has 2 aliphatic rings. The smallest absolute Gasteiger partial charge is 0.309 e. The third-order valence-corrected chi connectivity index (χ3v) is 6.20. The van der Waals surface area contributed by atoms with Gasteiger partial charge in [-0.05, 0) is 37.1 Å². The van der Waals surface area contributed by atoms with Crippen molar-refractivity contribution >= 4 is 16.9 Å². The van der Waals surface area contributed by atoms with Crippen LogP contribution in [0.5, 0.6) is 0 Å². The van der Waals surface area contributed by atoms with Gasteiger partial charge in [-0.15, -0.1) is 0 Å². The number of rotatable bonds is 3. The summed E-state index contributed by atoms with van der Waals surface area (Å²) in [5.74, 6) is -2.34. The fourth-order valence-electron chi connectivity index (χ4n) is 4.67. The summed E-state index contributed by atoms with van der Waals surface area (Å²) in [6, 6.07) is 5.73. The molecule has 0 saturated heterocycles. The number of hydrogen-bond donors (Lipinski definition) is 0. The number of aromatic nitrogens is 2. The average molecular weight is 426 g/mol. The maximum Gasteiger partial charge on any atom is 0.309 e. The van der Waals surface area contributed by atoms with E-state index in [1.807, 2.05) is 19.9 Å². The van der Waals surface area contributed by atoms with Gasteiger partial charge in [0.1, 0.15) is 12.2 Å². The Bertz CT molecular complexity index is 1320. The minimum atomic E-state index is -0.978. The van der Waals surface area contributed by atoms with Gasteiger partial charge in [0.2, 0.25) is 0 Å². The molecule has 1 atom stereocenters. The van der Waals surface area contributed by atoms with E-state index in [4.69, 9.17) is 9.47 Å². The molecule has 0 bridgehead atoms. The molecule has 31 heavy (non-hydrogen) atoms. The van der Waals surface area contributed by atoms with Crippen LogP contribution in [0.15, 0.2) is 29.1 Å². The van der Waals surface area contributed by atoms with Crippen LogP contribution in [-0.4, -0.2) is 22.1 Å². The molecule has 4 heterocycles. The first-order valence-electron chi connectivity index (χ1n) is 10.2. The lowest BCUT2D eigenvalue weighted by Crippen LogP contribution is -2.35. The number of carbonyl (C=O) groups excluding carboxylic acids is 1. The van der Waals surface area contributed by atoms with Crippen molar-refractivity contribution in [3.63, 3.8) is 0 Å². The van der Waals surface area contributed by atoms with Gasteiger partial charge in [-0.25, -0.2) is 13.8 Å². The number of cyclic esters (lactones) is 1. The molecule has 0 fully saturated rings. The first-order chi connectivity index (χ1) is 14.9. The minimum absolute atomic E-state index is 0.00965. The van der Waals surface area contributed by atoms with E-state index in [-0.39, 0.29) is 25.1 Å². The Morgan fingerprint density at radius 1 is 1.16 bits per heavy atom. The summed E-state index contributed by atoms with van der Waals surface area (Å²) in [6.45, 7) is 4.23. The van der Waals surface area contributed by atoms with Crippen molar-refractivity contribution in [2.24, 2.45) is 0 Å². The van der Waals surface area contributed by atoms with Crippen LogP contribution in [0.4, 0.5) is 8.78 Å². The number of pyridine rings is 2. The maximum absolute atomic E-state index is 13.8. The summed E-state index contributed by atoms with van der Waals surface area (Å²) in [5.41, 5.74) is 1.91. The first kappa shape index (κ1) is 19.8. The van der Waals surface area contributed by atoms with Crippen molar-refractivity contribution < 1.29 is 23.0 Å². The van der Waals surface area contributed by atoms with E-state index < -0.39 is 23.2 Å². The highest BCUT2D eigenvalue weighted by atomic mass is 19.2. The SMILES string of the molecule is CCO[C@]1(CC)CC(=O)OCc2c1cc1n(c2=O)Cc2cc3cc(F)c(F)cc3nc2-1.